The quantitative estimate of drug-likeness (QED) is 0.379. The number of carbonyl (C=O) groups is 2. The van der Waals surface area contributed by atoms with E-state index in [2.05, 4.69) is 21.5 Å². The van der Waals surface area contributed by atoms with Crippen molar-refractivity contribution in [2.24, 2.45) is 5.92 Å². The van der Waals surface area contributed by atoms with E-state index in [1.807, 2.05) is 28.9 Å². The molecule has 1 aliphatic rings. The summed E-state index contributed by atoms with van der Waals surface area (Å²) >= 11 is 6.46. The number of fused-ring (bicyclic) bond motifs is 2. The van der Waals surface area contributed by atoms with E-state index in [4.69, 9.17) is 21.1 Å². The number of carbonyl (C=O) groups excluding carboxylic acids is 2. The summed E-state index contributed by atoms with van der Waals surface area (Å²) in [7, 11) is 3.01. The van der Waals surface area contributed by atoms with Gasteiger partial charge in [-0.2, -0.15) is 5.10 Å². The molecule has 0 atom stereocenters. The third kappa shape index (κ3) is 4.73. The highest BCUT2D eigenvalue weighted by Crippen LogP contribution is 2.29. The Hall–Kier alpha value is -3.65. The molecule has 2 heterocycles. The molecule has 1 fully saturated rings. The predicted octanol–water partition coefficient (Wildman–Crippen LogP) is 4.76. The van der Waals surface area contributed by atoms with Gasteiger partial charge in [-0.1, -0.05) is 17.7 Å². The Bertz CT molecular complexity index is 1440. The van der Waals surface area contributed by atoms with Gasteiger partial charge < -0.3 is 14.8 Å². The van der Waals surface area contributed by atoms with Gasteiger partial charge in [0, 0.05) is 22.9 Å². The molecular formula is C27H27ClN4O4. The maximum Gasteiger partial charge on any atom is 0.308 e. The molecule has 0 radical (unpaired) electrons. The molecular weight excluding hydrogens is 480 g/mol. The molecule has 36 heavy (non-hydrogen) atoms. The molecule has 186 valence electrons. The second-order valence-electron chi connectivity index (χ2n) is 9.09. The number of hydrogen-bond donors (Lipinski definition) is 1. The van der Waals surface area contributed by atoms with E-state index >= 15 is 0 Å². The first-order valence-corrected chi connectivity index (χ1v) is 12.3. The van der Waals surface area contributed by atoms with Crippen LogP contribution >= 0.6 is 11.6 Å². The number of hydrogen-bond acceptors (Lipinski definition) is 6. The summed E-state index contributed by atoms with van der Waals surface area (Å²) in [6, 6.07) is 13.3. The number of amides is 1. The van der Waals surface area contributed by atoms with Gasteiger partial charge in [0.15, 0.2) is 0 Å². The highest BCUT2D eigenvalue weighted by atomic mass is 35.5. The van der Waals surface area contributed by atoms with Gasteiger partial charge in [0.25, 0.3) is 5.91 Å². The highest BCUT2D eigenvalue weighted by Gasteiger charge is 2.28. The van der Waals surface area contributed by atoms with Crippen LogP contribution in [0.5, 0.6) is 5.88 Å². The third-order valence-corrected chi connectivity index (χ3v) is 7.19. The van der Waals surface area contributed by atoms with Crippen LogP contribution in [-0.4, -0.2) is 46.9 Å². The molecule has 1 N–H and O–H groups in total. The Morgan fingerprint density at radius 3 is 2.64 bits per heavy atom. The third-order valence-electron chi connectivity index (χ3n) is 6.86. The lowest BCUT2D eigenvalue weighted by molar-refractivity contribution is -0.146. The Balaban J connectivity index is 1.39. The minimum atomic E-state index is -0.174. The molecule has 1 aliphatic carbocycles. The molecule has 0 saturated heterocycles. The molecule has 0 unspecified atom stereocenters. The summed E-state index contributed by atoms with van der Waals surface area (Å²) in [5.41, 5.74) is 3.07. The molecule has 2 aromatic carbocycles. The number of rotatable bonds is 6. The fourth-order valence-corrected chi connectivity index (χ4v) is 5.12. The van der Waals surface area contributed by atoms with Gasteiger partial charge in [0.05, 0.1) is 54.5 Å². The SMILES string of the molecule is COc1ccc2cc(Cn3ncc4c(Cl)ccc(C(=O)N[C@H]5CC[C@H](C(=O)OC)CC5)c43)ccc2n1. The zero-order valence-electron chi connectivity index (χ0n) is 20.2. The summed E-state index contributed by atoms with van der Waals surface area (Å²) in [6.45, 7) is 0.469. The smallest absolute Gasteiger partial charge is 0.308 e. The molecule has 5 rings (SSSR count). The van der Waals surface area contributed by atoms with Crippen LogP contribution in [0, 0.1) is 5.92 Å². The minimum Gasteiger partial charge on any atom is -0.481 e. The van der Waals surface area contributed by atoms with Crippen LogP contribution in [0.4, 0.5) is 0 Å². The first kappa shape index (κ1) is 24.1. The molecule has 0 aliphatic heterocycles. The van der Waals surface area contributed by atoms with E-state index in [9.17, 15) is 9.59 Å². The minimum absolute atomic E-state index is 0.00508. The van der Waals surface area contributed by atoms with E-state index in [0.29, 0.717) is 41.4 Å². The van der Waals surface area contributed by atoms with E-state index in [-0.39, 0.29) is 23.8 Å². The van der Waals surface area contributed by atoms with Crippen molar-refractivity contribution in [3.63, 3.8) is 0 Å². The first-order chi connectivity index (χ1) is 17.5. The number of nitrogens with zero attached hydrogens (tertiary/aromatic N) is 3. The van der Waals surface area contributed by atoms with Gasteiger partial charge in [-0.05, 0) is 61.6 Å². The Morgan fingerprint density at radius 1 is 1.08 bits per heavy atom. The van der Waals surface area contributed by atoms with Gasteiger partial charge in [-0.15, -0.1) is 0 Å². The summed E-state index contributed by atoms with van der Waals surface area (Å²) in [6.07, 6.45) is 4.57. The molecule has 1 amide bonds. The van der Waals surface area contributed by atoms with E-state index in [1.54, 1.807) is 25.4 Å². The molecule has 0 spiro atoms. The summed E-state index contributed by atoms with van der Waals surface area (Å²) in [5.74, 6) is 0.129. The van der Waals surface area contributed by atoms with Crippen molar-refractivity contribution < 1.29 is 19.1 Å². The number of benzene rings is 2. The van der Waals surface area contributed by atoms with Crippen LogP contribution in [-0.2, 0) is 16.1 Å². The van der Waals surface area contributed by atoms with Crippen LogP contribution in [0.15, 0.2) is 48.7 Å². The van der Waals surface area contributed by atoms with Crippen molar-refractivity contribution in [3.8, 4) is 5.88 Å². The topological polar surface area (TPSA) is 95.3 Å². The lowest BCUT2D eigenvalue weighted by Gasteiger charge is -2.27. The van der Waals surface area contributed by atoms with Crippen molar-refractivity contribution in [1.82, 2.24) is 20.1 Å². The average Bonchev–Trinajstić information content (AvgIpc) is 3.32. The second kappa shape index (κ2) is 10.1. The van der Waals surface area contributed by atoms with Gasteiger partial charge in [-0.25, -0.2) is 4.98 Å². The number of halogens is 1. The highest BCUT2D eigenvalue weighted by molar-refractivity contribution is 6.36. The fraction of sp³-hybridized carbons (Fsp3) is 0.333. The number of pyridine rings is 1. The summed E-state index contributed by atoms with van der Waals surface area (Å²) < 4.78 is 11.9. The van der Waals surface area contributed by atoms with E-state index in [1.165, 1.54) is 7.11 Å². The molecule has 8 nitrogen and oxygen atoms in total. The van der Waals surface area contributed by atoms with Crippen molar-refractivity contribution in [2.45, 2.75) is 38.3 Å². The lowest BCUT2D eigenvalue weighted by Crippen LogP contribution is -2.39. The van der Waals surface area contributed by atoms with E-state index < -0.39 is 0 Å². The standard InChI is InChI=1S/C27H27ClN4O4/c1-35-24-12-6-18-13-16(3-11-23(18)31-24)15-32-25-20(9-10-22(28)21(25)14-29-32)26(33)30-19-7-4-17(5-8-19)27(34)36-2/h3,6,9-14,17,19H,4-5,7-8,15H2,1-2H3,(H,30,33)/t17-,19-. The van der Waals surface area contributed by atoms with Crippen LogP contribution in [0.3, 0.4) is 0 Å². The normalized spacial score (nSPS) is 17.8. The zero-order valence-corrected chi connectivity index (χ0v) is 20.9. The fourth-order valence-electron chi connectivity index (χ4n) is 4.92. The molecule has 2 aromatic heterocycles. The Morgan fingerprint density at radius 2 is 1.89 bits per heavy atom. The van der Waals surface area contributed by atoms with Gasteiger partial charge in [0.1, 0.15) is 0 Å². The number of aromatic nitrogens is 3. The Kier molecular flexibility index (Phi) is 6.78. The van der Waals surface area contributed by atoms with Crippen molar-refractivity contribution in [1.29, 1.82) is 0 Å². The van der Waals surface area contributed by atoms with Crippen LogP contribution in [0.1, 0.15) is 41.6 Å². The largest absolute Gasteiger partial charge is 0.481 e. The second-order valence-corrected chi connectivity index (χ2v) is 9.49. The number of ether oxygens (including phenoxy) is 2. The van der Waals surface area contributed by atoms with Crippen LogP contribution in [0.25, 0.3) is 21.8 Å². The molecule has 4 aromatic rings. The number of esters is 1. The number of methoxy groups -OCH3 is 2. The first-order valence-electron chi connectivity index (χ1n) is 11.9. The predicted molar refractivity (Wildman–Crippen MR) is 137 cm³/mol. The number of nitrogens with one attached hydrogen (secondary N) is 1. The van der Waals surface area contributed by atoms with E-state index in [0.717, 1.165) is 34.7 Å². The Labute approximate surface area is 213 Å². The summed E-state index contributed by atoms with van der Waals surface area (Å²) in [4.78, 5) is 29.6. The molecule has 0 bridgehead atoms. The van der Waals surface area contributed by atoms with Crippen molar-refractivity contribution >= 4 is 45.3 Å². The summed E-state index contributed by atoms with van der Waals surface area (Å²) in [5, 5.41) is 9.96. The van der Waals surface area contributed by atoms with Crippen molar-refractivity contribution in [2.75, 3.05) is 14.2 Å². The monoisotopic (exact) mass is 506 g/mol. The lowest BCUT2D eigenvalue weighted by atomic mass is 9.86. The molecule has 9 heteroatoms. The average molecular weight is 507 g/mol. The van der Waals surface area contributed by atoms with Crippen LogP contribution < -0.4 is 10.1 Å². The van der Waals surface area contributed by atoms with Gasteiger partial charge >= 0.3 is 5.97 Å². The maximum absolute atomic E-state index is 13.3. The molecule has 1 saturated carbocycles. The van der Waals surface area contributed by atoms with Gasteiger partial charge in [-0.3, -0.25) is 14.3 Å². The van der Waals surface area contributed by atoms with Crippen molar-refractivity contribution in [3.05, 3.63) is 64.8 Å². The van der Waals surface area contributed by atoms with Gasteiger partial charge in [0.2, 0.25) is 5.88 Å². The maximum atomic E-state index is 13.3. The zero-order chi connectivity index (χ0) is 25.2. The van der Waals surface area contributed by atoms with Crippen LogP contribution in [0.2, 0.25) is 5.02 Å².